The molecule has 55 heavy (non-hydrogen) atoms. The highest BCUT2D eigenvalue weighted by Crippen LogP contribution is 2.42. The molecule has 1 aliphatic heterocycles. The monoisotopic (exact) mass is 778 g/mol. The van der Waals surface area contributed by atoms with Crippen LogP contribution in [0.1, 0.15) is 81.7 Å². The first-order chi connectivity index (χ1) is 26.1. The van der Waals surface area contributed by atoms with E-state index in [2.05, 4.69) is 31.8 Å². The average Bonchev–Trinajstić information content (AvgIpc) is 3.55. The number of piperidine rings is 1. The van der Waals surface area contributed by atoms with Gasteiger partial charge in [0.1, 0.15) is 11.9 Å². The number of carbonyl (C=O) groups is 2. The third kappa shape index (κ3) is 9.97. The van der Waals surface area contributed by atoms with Crippen molar-refractivity contribution in [2.45, 2.75) is 70.4 Å². The second-order valence-electron chi connectivity index (χ2n) is 15.2. The molecule has 0 unspecified atom stereocenters. The first-order valence-electron chi connectivity index (χ1n) is 18.5. The normalized spacial score (nSPS) is 17.1. The number of methoxy groups -OCH3 is 1. The van der Waals surface area contributed by atoms with Crippen LogP contribution in [0.25, 0.3) is 5.65 Å². The van der Waals surface area contributed by atoms with Crippen molar-refractivity contribution in [3.05, 3.63) is 71.4 Å². The van der Waals surface area contributed by atoms with Crippen molar-refractivity contribution in [1.29, 1.82) is 0 Å². The number of aromatic nitrogens is 3. The molecule has 0 bridgehead atoms. The maximum atomic E-state index is 13.8. The van der Waals surface area contributed by atoms with Gasteiger partial charge in [-0.3, -0.25) is 13.5 Å². The van der Waals surface area contributed by atoms with E-state index in [1.54, 1.807) is 0 Å². The fourth-order valence-electron chi connectivity index (χ4n) is 7.04. The number of likely N-dealkylation sites (N-methyl/N-ethyl adjacent to an activating group) is 1. The standard InChI is InChI=1S/C38H52N8O5S.CH2O2/c1-38(2,3)26-23-31(35(50-6)32(24-26)46(52(7,48)49)22-21-43(4)5)40-36(47)39-30-16-17-33(29-14-10-9-13-28(29)30)51-27-15-18-34-41-42-37(45(34)25-27)44-19-11-8-12-20-44;2-1-3/h9-10,13-15,18,23-25,30,33H,8,11-12,16-17,19-22H2,1-7H3,(H2,39,40,47);1H,(H,2,3)/t30-,33+;/m0./s1. The van der Waals surface area contributed by atoms with Gasteiger partial charge >= 0.3 is 6.03 Å². The molecule has 6 rings (SSSR count). The molecule has 2 atom stereocenters. The zero-order valence-electron chi connectivity index (χ0n) is 32.8. The molecule has 3 heterocycles. The number of rotatable bonds is 11. The Morgan fingerprint density at radius 1 is 1.02 bits per heavy atom. The molecule has 4 aromatic rings. The van der Waals surface area contributed by atoms with Crippen molar-refractivity contribution in [3.63, 3.8) is 0 Å². The molecule has 2 aromatic carbocycles. The van der Waals surface area contributed by atoms with Gasteiger partial charge in [0.25, 0.3) is 6.47 Å². The van der Waals surface area contributed by atoms with E-state index in [0.29, 0.717) is 30.8 Å². The quantitative estimate of drug-likeness (QED) is 0.157. The van der Waals surface area contributed by atoms with E-state index in [0.717, 1.165) is 60.0 Å². The summed E-state index contributed by atoms with van der Waals surface area (Å²) < 4.78 is 42.0. The van der Waals surface area contributed by atoms with Gasteiger partial charge in [-0.05, 0) is 92.6 Å². The smallest absolute Gasteiger partial charge is 0.319 e. The molecule has 16 heteroatoms. The first-order valence-corrected chi connectivity index (χ1v) is 20.3. The molecule has 1 aliphatic carbocycles. The summed E-state index contributed by atoms with van der Waals surface area (Å²) in [5.41, 5.74) is 4.05. The van der Waals surface area contributed by atoms with Crippen LogP contribution in [0.4, 0.5) is 22.1 Å². The van der Waals surface area contributed by atoms with E-state index >= 15 is 0 Å². The zero-order valence-corrected chi connectivity index (χ0v) is 33.6. The Morgan fingerprint density at radius 2 is 1.71 bits per heavy atom. The van der Waals surface area contributed by atoms with Gasteiger partial charge in [-0.15, -0.1) is 10.2 Å². The summed E-state index contributed by atoms with van der Waals surface area (Å²) >= 11 is 0. The Kier molecular flexibility index (Phi) is 13.1. The van der Waals surface area contributed by atoms with Crippen LogP contribution in [0.3, 0.4) is 0 Å². The van der Waals surface area contributed by atoms with Crippen molar-refractivity contribution in [1.82, 2.24) is 24.8 Å². The molecule has 0 spiro atoms. The molecule has 1 fully saturated rings. The lowest BCUT2D eigenvalue weighted by Gasteiger charge is -2.33. The molecule has 2 amide bonds. The highest BCUT2D eigenvalue weighted by atomic mass is 32.2. The molecule has 0 saturated carbocycles. The molecule has 3 N–H and O–H groups in total. The Balaban J connectivity index is 0.00000187. The number of fused-ring (bicyclic) bond motifs is 2. The van der Waals surface area contributed by atoms with Crippen molar-refractivity contribution >= 4 is 45.5 Å². The Hall–Kier alpha value is -5.09. The van der Waals surface area contributed by atoms with Crippen LogP contribution >= 0.6 is 0 Å². The average molecular weight is 779 g/mol. The van der Waals surface area contributed by atoms with Crippen molar-refractivity contribution in [2.24, 2.45) is 0 Å². The van der Waals surface area contributed by atoms with Gasteiger partial charge in [0.15, 0.2) is 11.4 Å². The Labute approximate surface area is 323 Å². The number of ether oxygens (including phenoxy) is 2. The molecule has 2 aromatic heterocycles. The van der Waals surface area contributed by atoms with Crippen LogP contribution in [0, 0.1) is 0 Å². The highest BCUT2D eigenvalue weighted by Gasteiger charge is 2.31. The predicted molar refractivity (Wildman–Crippen MR) is 214 cm³/mol. The summed E-state index contributed by atoms with van der Waals surface area (Å²) in [6.07, 6.45) is 7.81. The number of amides is 2. The van der Waals surface area contributed by atoms with Crippen LogP contribution in [-0.2, 0) is 20.2 Å². The molecular weight excluding hydrogens is 725 g/mol. The summed E-state index contributed by atoms with van der Waals surface area (Å²) in [6.45, 7) is 8.54. The van der Waals surface area contributed by atoms with E-state index in [4.69, 9.17) is 19.4 Å². The molecule has 0 radical (unpaired) electrons. The molecule has 1 saturated heterocycles. The van der Waals surface area contributed by atoms with Crippen molar-refractivity contribution < 1.29 is 32.6 Å². The molecule has 2 aliphatic rings. The number of carbonyl (C=O) groups excluding carboxylic acids is 1. The van der Waals surface area contributed by atoms with E-state index < -0.39 is 16.1 Å². The second kappa shape index (κ2) is 17.6. The highest BCUT2D eigenvalue weighted by molar-refractivity contribution is 7.92. The number of benzene rings is 2. The summed E-state index contributed by atoms with van der Waals surface area (Å²) in [7, 11) is 1.59. The number of anilines is 3. The van der Waals surface area contributed by atoms with E-state index in [9.17, 15) is 13.2 Å². The SMILES string of the molecule is COc1c(NC(=O)N[C@H]2CC[C@@H](Oc3ccc4nnc(N5CCCCC5)n4c3)c3ccccc32)cc(C(C)(C)C)cc1N(CCN(C)C)S(C)(=O)=O.O=CO. The van der Waals surface area contributed by atoms with Crippen molar-refractivity contribution in [2.75, 3.05) is 68.2 Å². The number of urea groups is 1. The predicted octanol–water partition coefficient (Wildman–Crippen LogP) is 5.83. The third-order valence-electron chi connectivity index (χ3n) is 9.82. The van der Waals surface area contributed by atoms with E-state index in [1.165, 1.54) is 24.1 Å². The molecule has 15 nitrogen and oxygen atoms in total. The number of hydrogen-bond acceptors (Lipinski definition) is 10. The summed E-state index contributed by atoms with van der Waals surface area (Å²) in [4.78, 5) is 26.3. The minimum Gasteiger partial charge on any atom is -0.492 e. The lowest BCUT2D eigenvalue weighted by Crippen LogP contribution is -2.37. The van der Waals surface area contributed by atoms with Crippen LogP contribution in [0.15, 0.2) is 54.7 Å². The number of pyridine rings is 1. The maximum absolute atomic E-state index is 13.8. The lowest BCUT2D eigenvalue weighted by atomic mass is 9.85. The summed E-state index contributed by atoms with van der Waals surface area (Å²) in [6, 6.07) is 14.9. The first kappa shape index (κ1) is 41.1. The summed E-state index contributed by atoms with van der Waals surface area (Å²) in [5, 5.41) is 21.9. The topological polar surface area (TPSA) is 171 Å². The van der Waals surface area contributed by atoms with E-state index in [-0.39, 0.29) is 36.3 Å². The van der Waals surface area contributed by atoms with Gasteiger partial charge in [0.05, 0.1) is 37.0 Å². The van der Waals surface area contributed by atoms with Gasteiger partial charge in [0.2, 0.25) is 16.0 Å². The number of hydrogen-bond donors (Lipinski definition) is 3. The fourth-order valence-corrected chi connectivity index (χ4v) is 7.94. The van der Waals surface area contributed by atoms with Gasteiger partial charge in [0, 0.05) is 26.2 Å². The molecule has 298 valence electrons. The Morgan fingerprint density at radius 3 is 2.35 bits per heavy atom. The summed E-state index contributed by atoms with van der Waals surface area (Å²) in [5.74, 6) is 1.84. The van der Waals surface area contributed by atoms with E-state index in [1.807, 2.05) is 92.8 Å². The van der Waals surface area contributed by atoms with Gasteiger partial charge in [-0.2, -0.15) is 0 Å². The van der Waals surface area contributed by atoms with Gasteiger partial charge < -0.3 is 35.0 Å². The fraction of sp³-hybridized carbons (Fsp3) is 0.487. The second-order valence-corrected chi connectivity index (χ2v) is 17.1. The zero-order chi connectivity index (χ0) is 39.9. The maximum Gasteiger partial charge on any atom is 0.319 e. The minimum absolute atomic E-state index is 0.208. The van der Waals surface area contributed by atoms with Crippen LogP contribution < -0.4 is 29.3 Å². The minimum atomic E-state index is -3.68. The molecular formula is C39H54N8O7S. The lowest BCUT2D eigenvalue weighted by molar-refractivity contribution is -0.122. The Bertz CT molecular complexity index is 2060. The van der Waals surface area contributed by atoms with Crippen LogP contribution in [0.5, 0.6) is 11.5 Å². The van der Waals surface area contributed by atoms with Crippen molar-refractivity contribution in [3.8, 4) is 11.5 Å². The third-order valence-corrected chi connectivity index (χ3v) is 11.0. The van der Waals surface area contributed by atoms with Crippen LogP contribution in [-0.4, -0.2) is 99.2 Å². The van der Waals surface area contributed by atoms with Gasteiger partial charge in [-0.25, -0.2) is 13.2 Å². The van der Waals surface area contributed by atoms with Crippen LogP contribution in [0.2, 0.25) is 0 Å². The number of carboxylic acid groups (broad SMARTS) is 1. The largest absolute Gasteiger partial charge is 0.492 e. The van der Waals surface area contributed by atoms with Gasteiger partial charge in [-0.1, -0.05) is 45.0 Å². The number of sulfonamides is 1. The number of nitrogens with one attached hydrogen (secondary N) is 2. The number of nitrogens with zero attached hydrogens (tertiary/aromatic N) is 6.